The molecule has 21 heavy (non-hydrogen) atoms. The van der Waals surface area contributed by atoms with Gasteiger partial charge in [0.1, 0.15) is 5.97 Å². The molecule has 0 aromatic heterocycles. The monoisotopic (exact) mass is 354 g/mol. The van der Waals surface area contributed by atoms with Crippen molar-refractivity contribution in [2.24, 2.45) is 0 Å². The summed E-state index contributed by atoms with van der Waals surface area (Å²) in [5.41, 5.74) is 0. The second-order valence-corrected chi connectivity index (χ2v) is 4.35. The summed E-state index contributed by atoms with van der Waals surface area (Å²) < 4.78 is 112. The van der Waals surface area contributed by atoms with E-state index in [-0.39, 0.29) is 58.3 Å². The van der Waals surface area contributed by atoms with Gasteiger partial charge in [-0.1, -0.05) is 0 Å². The van der Waals surface area contributed by atoms with Crippen molar-refractivity contribution in [2.45, 2.75) is 42.2 Å². The maximum atomic E-state index is 13.8. The number of halogens is 8. The molecule has 1 aliphatic heterocycles. The van der Waals surface area contributed by atoms with Crippen LogP contribution in [0.1, 0.15) is 6.92 Å². The van der Waals surface area contributed by atoms with E-state index in [1.165, 1.54) is 0 Å². The molecule has 2 fully saturated rings. The third-order valence-corrected chi connectivity index (χ3v) is 3.05. The van der Waals surface area contributed by atoms with E-state index in [0.29, 0.717) is 0 Å². The molecule has 0 bridgehead atoms. The van der Waals surface area contributed by atoms with Gasteiger partial charge in [-0.3, -0.25) is 9.47 Å². The van der Waals surface area contributed by atoms with Crippen molar-refractivity contribution in [2.75, 3.05) is 0 Å². The Bertz CT molecular complexity index is 467. The predicted molar refractivity (Wildman–Crippen MR) is 38.1 cm³/mol. The van der Waals surface area contributed by atoms with Crippen LogP contribution in [-0.4, -0.2) is 41.2 Å². The summed E-state index contributed by atoms with van der Waals surface area (Å²) in [4.78, 5) is 10.5. The zero-order valence-electron chi connectivity index (χ0n) is 10.2. The van der Waals surface area contributed by atoms with Crippen molar-refractivity contribution in [3.05, 3.63) is 0 Å². The van der Waals surface area contributed by atoms with Crippen LogP contribution in [0, 0.1) is 0 Å². The first-order valence-corrected chi connectivity index (χ1v) is 4.74. The van der Waals surface area contributed by atoms with Gasteiger partial charge in [-0.25, -0.2) is 0 Å². The predicted octanol–water partition coefficient (Wildman–Crippen LogP) is -2.25. The fraction of sp³-hybridized carbons (Fsp3) is 0.875. The molecule has 1 saturated heterocycles. The molecule has 1 aliphatic carbocycles. The number of carbonyl (C=O) groups excluding carboxylic acids is 1. The van der Waals surface area contributed by atoms with Gasteiger partial charge >= 0.3 is 80.9 Å². The van der Waals surface area contributed by atoms with Crippen LogP contribution in [0.15, 0.2) is 0 Å². The minimum absolute atomic E-state index is 0. The summed E-state index contributed by atoms with van der Waals surface area (Å²) in [7, 11) is 0. The first-order valence-electron chi connectivity index (χ1n) is 4.74. The van der Waals surface area contributed by atoms with Crippen LogP contribution in [-0.2, 0) is 14.3 Å². The fourth-order valence-electron chi connectivity index (χ4n) is 1.91. The third-order valence-electron chi connectivity index (χ3n) is 3.05. The first kappa shape index (κ1) is 19.5. The largest absolute Gasteiger partial charge is 1.00 e. The van der Waals surface area contributed by atoms with E-state index in [1.54, 1.807) is 0 Å². The van der Waals surface area contributed by atoms with Gasteiger partial charge < -0.3 is 9.90 Å². The number of fused-ring (bicyclic) bond motifs is 1. The maximum Gasteiger partial charge on any atom is 1.00 e. The second kappa shape index (κ2) is 4.51. The van der Waals surface area contributed by atoms with Crippen LogP contribution in [0.3, 0.4) is 0 Å². The molecule has 2 unspecified atom stereocenters. The molecule has 0 aromatic rings. The van der Waals surface area contributed by atoms with Gasteiger partial charge in [0.05, 0.1) is 0 Å². The fourth-order valence-corrected chi connectivity index (χ4v) is 1.91. The van der Waals surface area contributed by atoms with Crippen molar-refractivity contribution in [1.29, 1.82) is 0 Å². The van der Waals surface area contributed by atoms with Gasteiger partial charge in [0.25, 0.3) is 0 Å². The summed E-state index contributed by atoms with van der Waals surface area (Å²) in [6.45, 7) is 0.0492. The number of aliphatic carboxylic acids is 1. The molecule has 0 aromatic carbocycles. The van der Waals surface area contributed by atoms with E-state index in [2.05, 4.69) is 9.47 Å². The molecule has 2 rings (SSSR count). The molecule has 0 radical (unpaired) electrons. The van der Waals surface area contributed by atoms with E-state index in [1.807, 2.05) is 0 Å². The van der Waals surface area contributed by atoms with Crippen LogP contribution >= 0.6 is 0 Å². The molecule has 1 heterocycles. The Labute approximate surface area is 153 Å². The molecule has 2 aliphatic rings. The quantitative estimate of drug-likeness (QED) is 0.395. The molecule has 13 heteroatoms. The Hall–Kier alpha value is 0.466. The van der Waals surface area contributed by atoms with E-state index >= 15 is 0 Å². The standard InChI is InChI=1S/C8H4F8O4.K/c1-3(2(17)18)19-7(15)5(11,12)4(9,10)6(13,14)8(7,16)20-3;/h1H3,(H,17,18);/q;+1/p-1. The molecular weight excluding hydrogens is 351 g/mol. The van der Waals surface area contributed by atoms with E-state index in [0.717, 1.165) is 0 Å². The number of hydrogen-bond acceptors (Lipinski definition) is 4. The number of hydrogen-bond donors (Lipinski definition) is 0. The molecule has 2 atom stereocenters. The van der Waals surface area contributed by atoms with Gasteiger partial charge in [-0.05, 0) is 6.92 Å². The number of carbonyl (C=O) groups is 1. The molecule has 0 N–H and O–H groups in total. The summed E-state index contributed by atoms with van der Waals surface area (Å²) in [5, 5.41) is 10.5. The SMILES string of the molecule is CC1(C(=O)[O-])OC2(F)C(F)(F)C(F)(F)C(F)(F)C2(F)O1.[K+]. The first-order chi connectivity index (χ1) is 8.61. The Morgan fingerprint density at radius 2 is 1.10 bits per heavy atom. The Morgan fingerprint density at radius 3 is 1.33 bits per heavy atom. The van der Waals surface area contributed by atoms with Crippen molar-refractivity contribution < 1.29 is 106 Å². The smallest absolute Gasteiger partial charge is 0.544 e. The Kier molecular flexibility index (Phi) is 4.19. The van der Waals surface area contributed by atoms with Gasteiger partial charge in [0.2, 0.25) is 5.79 Å². The average molecular weight is 354 g/mol. The molecular formula is C8H3F8KO4. The van der Waals surface area contributed by atoms with Crippen molar-refractivity contribution in [1.82, 2.24) is 0 Å². The Morgan fingerprint density at radius 1 is 0.810 bits per heavy atom. The van der Waals surface area contributed by atoms with E-state index < -0.39 is 41.2 Å². The zero-order chi connectivity index (χ0) is 16.0. The van der Waals surface area contributed by atoms with Crippen LogP contribution in [0.25, 0.3) is 0 Å². The number of carboxylic acids is 1. The topological polar surface area (TPSA) is 58.6 Å². The number of rotatable bonds is 1. The maximum absolute atomic E-state index is 13.8. The van der Waals surface area contributed by atoms with Crippen molar-refractivity contribution in [3.8, 4) is 0 Å². The zero-order valence-corrected chi connectivity index (χ0v) is 13.3. The average Bonchev–Trinajstić information content (AvgIpc) is 2.51. The van der Waals surface area contributed by atoms with E-state index in [4.69, 9.17) is 0 Å². The second-order valence-electron chi connectivity index (χ2n) is 4.35. The molecule has 116 valence electrons. The van der Waals surface area contributed by atoms with Crippen molar-refractivity contribution in [3.63, 3.8) is 0 Å². The van der Waals surface area contributed by atoms with Crippen LogP contribution in [0.2, 0.25) is 0 Å². The number of carboxylic acid groups (broad SMARTS) is 1. The van der Waals surface area contributed by atoms with Gasteiger partial charge in [0.15, 0.2) is 0 Å². The normalized spacial score (nSPS) is 45.8. The third kappa shape index (κ3) is 1.73. The molecule has 1 saturated carbocycles. The molecule has 4 nitrogen and oxygen atoms in total. The van der Waals surface area contributed by atoms with Crippen LogP contribution < -0.4 is 56.5 Å². The number of alkyl halides is 8. The summed E-state index contributed by atoms with van der Waals surface area (Å²) in [6, 6.07) is 0. The van der Waals surface area contributed by atoms with E-state index in [9.17, 15) is 45.0 Å². The number of ether oxygens (including phenoxy) is 2. The van der Waals surface area contributed by atoms with Gasteiger partial charge in [0, 0.05) is 0 Å². The van der Waals surface area contributed by atoms with Crippen LogP contribution in [0.5, 0.6) is 0 Å². The summed E-state index contributed by atoms with van der Waals surface area (Å²) >= 11 is 0. The molecule has 0 amide bonds. The van der Waals surface area contributed by atoms with Crippen LogP contribution in [0.4, 0.5) is 35.1 Å². The van der Waals surface area contributed by atoms with Gasteiger partial charge in [-0.15, -0.1) is 0 Å². The van der Waals surface area contributed by atoms with Crippen molar-refractivity contribution >= 4 is 5.97 Å². The summed E-state index contributed by atoms with van der Waals surface area (Å²) in [5.74, 6) is -37.2. The minimum atomic E-state index is -6.52. The van der Waals surface area contributed by atoms with Gasteiger partial charge in [-0.2, -0.15) is 35.1 Å². The molecule has 0 spiro atoms. The summed E-state index contributed by atoms with van der Waals surface area (Å²) in [6.07, 6.45) is 0. The Balaban J connectivity index is 0.00000220. The minimum Gasteiger partial charge on any atom is -0.544 e.